The van der Waals surface area contributed by atoms with Gasteiger partial charge in [0.1, 0.15) is 0 Å². The van der Waals surface area contributed by atoms with E-state index in [1.807, 2.05) is 24.4 Å². The molecular formula is C34H45N3O4. The van der Waals surface area contributed by atoms with Crippen LogP contribution in [0.4, 0.5) is 0 Å². The summed E-state index contributed by atoms with van der Waals surface area (Å²) < 4.78 is 11.0. The van der Waals surface area contributed by atoms with Gasteiger partial charge in [-0.25, -0.2) is 0 Å². The van der Waals surface area contributed by atoms with Crippen LogP contribution in [-0.2, 0) is 33.7 Å². The molecule has 3 atom stereocenters. The summed E-state index contributed by atoms with van der Waals surface area (Å²) in [6.07, 6.45) is 3.79. The lowest BCUT2D eigenvalue weighted by Gasteiger charge is -2.41. The lowest BCUT2D eigenvalue weighted by Crippen LogP contribution is -2.50. The fraction of sp³-hybridized carbons (Fsp3) is 0.471. The molecule has 1 aliphatic heterocycles. The van der Waals surface area contributed by atoms with Crippen molar-refractivity contribution >= 4 is 5.91 Å². The molecule has 1 amide bonds. The standard InChI is InChI=1S/C34H45N3O4/c1-24(21-40-4)22-41-23-27-9-11-30(37-19-27)18-34(39)14-16-35-20-33(34)31-12-10-29(17-25(31)2)32-8-6-5-7-28(32)13-15-36-26(3)38/h5-12,17,19,24,33,35,39H,13-16,18,20-23H2,1-4H3,(H,36,38)/t24-,33+,34-/m0/s1. The van der Waals surface area contributed by atoms with Gasteiger partial charge in [0.05, 0.1) is 25.4 Å². The molecule has 0 saturated carbocycles. The van der Waals surface area contributed by atoms with E-state index in [0.717, 1.165) is 47.5 Å². The molecule has 0 radical (unpaired) electrons. The normalized spacial score (nSPS) is 19.6. The predicted molar refractivity (Wildman–Crippen MR) is 163 cm³/mol. The second-order valence-electron chi connectivity index (χ2n) is 11.5. The Morgan fingerprint density at radius 2 is 2.02 bits per heavy atom. The second-order valence-corrected chi connectivity index (χ2v) is 11.5. The van der Waals surface area contributed by atoms with Gasteiger partial charge in [-0.2, -0.15) is 0 Å². The molecule has 1 aromatic heterocycles. The quantitative estimate of drug-likeness (QED) is 0.284. The van der Waals surface area contributed by atoms with Crippen molar-refractivity contribution < 1.29 is 19.4 Å². The Balaban J connectivity index is 1.47. The van der Waals surface area contributed by atoms with E-state index in [1.165, 1.54) is 11.1 Å². The molecule has 220 valence electrons. The van der Waals surface area contributed by atoms with Gasteiger partial charge in [-0.1, -0.05) is 55.5 Å². The topological polar surface area (TPSA) is 92.7 Å². The maximum Gasteiger partial charge on any atom is 0.216 e. The molecule has 4 rings (SSSR count). The number of nitrogens with one attached hydrogen (secondary N) is 2. The number of hydrogen-bond donors (Lipinski definition) is 3. The van der Waals surface area contributed by atoms with E-state index >= 15 is 0 Å². The summed E-state index contributed by atoms with van der Waals surface area (Å²) in [5, 5.41) is 18.4. The fourth-order valence-corrected chi connectivity index (χ4v) is 5.82. The van der Waals surface area contributed by atoms with Crippen LogP contribution in [0.5, 0.6) is 0 Å². The summed E-state index contributed by atoms with van der Waals surface area (Å²) in [5.74, 6) is 0.285. The third kappa shape index (κ3) is 8.46. The van der Waals surface area contributed by atoms with Gasteiger partial charge in [0.25, 0.3) is 0 Å². The van der Waals surface area contributed by atoms with Gasteiger partial charge in [0.15, 0.2) is 0 Å². The summed E-state index contributed by atoms with van der Waals surface area (Å²) >= 11 is 0. The number of ether oxygens (including phenoxy) is 2. The Labute approximate surface area is 244 Å². The number of benzene rings is 2. The number of hydrogen-bond acceptors (Lipinski definition) is 6. The zero-order chi connectivity index (χ0) is 29.2. The molecule has 0 unspecified atom stereocenters. The largest absolute Gasteiger partial charge is 0.389 e. The molecule has 0 aliphatic carbocycles. The van der Waals surface area contributed by atoms with Gasteiger partial charge < -0.3 is 25.2 Å². The number of carbonyl (C=O) groups excluding carboxylic acids is 1. The summed E-state index contributed by atoms with van der Waals surface area (Å²) in [5.41, 5.74) is 6.86. The van der Waals surface area contributed by atoms with Crippen LogP contribution in [0.25, 0.3) is 11.1 Å². The van der Waals surface area contributed by atoms with Crippen LogP contribution in [-0.4, -0.2) is 61.6 Å². The SMILES string of the molecule is COC[C@H](C)COCc1ccc(C[C@@]2(O)CCNC[C@@H]2c2ccc(-c3ccccc3CCNC(C)=O)cc2C)nc1. The van der Waals surface area contributed by atoms with Gasteiger partial charge in [0.2, 0.25) is 5.91 Å². The molecule has 0 bridgehead atoms. The van der Waals surface area contributed by atoms with Crippen molar-refractivity contribution in [1.82, 2.24) is 15.6 Å². The maximum atomic E-state index is 12.0. The summed E-state index contributed by atoms with van der Waals surface area (Å²) in [7, 11) is 1.70. The van der Waals surface area contributed by atoms with Crippen molar-refractivity contribution in [3.05, 3.63) is 88.7 Å². The number of carbonyl (C=O) groups is 1. The highest BCUT2D eigenvalue weighted by molar-refractivity contribution is 5.73. The number of piperidine rings is 1. The third-order valence-corrected chi connectivity index (χ3v) is 7.97. The van der Waals surface area contributed by atoms with Crippen LogP contribution in [0, 0.1) is 12.8 Å². The number of aromatic nitrogens is 1. The van der Waals surface area contributed by atoms with Crippen molar-refractivity contribution in [2.24, 2.45) is 5.92 Å². The lowest BCUT2D eigenvalue weighted by atomic mass is 9.73. The third-order valence-electron chi connectivity index (χ3n) is 7.97. The Bertz CT molecular complexity index is 1280. The molecule has 7 heteroatoms. The molecule has 41 heavy (non-hydrogen) atoms. The van der Waals surface area contributed by atoms with Crippen molar-refractivity contribution in [1.29, 1.82) is 0 Å². The van der Waals surface area contributed by atoms with Gasteiger partial charge in [-0.3, -0.25) is 9.78 Å². The fourth-order valence-electron chi connectivity index (χ4n) is 5.82. The van der Waals surface area contributed by atoms with E-state index in [9.17, 15) is 9.90 Å². The molecule has 0 spiro atoms. The molecule has 1 saturated heterocycles. The molecule has 3 aromatic rings. The summed E-state index contributed by atoms with van der Waals surface area (Å²) in [6, 6.07) is 19.0. The van der Waals surface area contributed by atoms with E-state index in [2.05, 4.69) is 60.9 Å². The first-order valence-electron chi connectivity index (χ1n) is 14.7. The average molecular weight is 560 g/mol. The number of aliphatic hydroxyl groups is 1. The van der Waals surface area contributed by atoms with E-state index in [1.54, 1.807) is 14.0 Å². The summed E-state index contributed by atoms with van der Waals surface area (Å²) in [4.78, 5) is 16.0. The minimum Gasteiger partial charge on any atom is -0.389 e. The highest BCUT2D eigenvalue weighted by Gasteiger charge is 2.40. The number of pyridine rings is 1. The summed E-state index contributed by atoms with van der Waals surface area (Å²) in [6.45, 7) is 9.72. The van der Waals surface area contributed by atoms with Crippen molar-refractivity contribution in [2.75, 3.05) is 40.0 Å². The molecule has 1 fully saturated rings. The number of methoxy groups -OCH3 is 1. The number of nitrogens with zero attached hydrogens (tertiary/aromatic N) is 1. The highest BCUT2D eigenvalue weighted by atomic mass is 16.5. The Morgan fingerprint density at radius 1 is 1.20 bits per heavy atom. The van der Waals surface area contributed by atoms with Crippen LogP contribution in [0.2, 0.25) is 0 Å². The van der Waals surface area contributed by atoms with Gasteiger partial charge in [0, 0.05) is 57.3 Å². The van der Waals surface area contributed by atoms with Gasteiger partial charge in [-0.15, -0.1) is 0 Å². The van der Waals surface area contributed by atoms with Crippen molar-refractivity contribution in [3.63, 3.8) is 0 Å². The maximum absolute atomic E-state index is 12.0. The molecule has 2 aromatic carbocycles. The minimum absolute atomic E-state index is 0.0141. The smallest absolute Gasteiger partial charge is 0.216 e. The second kappa shape index (κ2) is 14.7. The predicted octanol–water partition coefficient (Wildman–Crippen LogP) is 4.59. The molecule has 1 aliphatic rings. The Hall–Kier alpha value is -3.10. The number of aryl methyl sites for hydroxylation is 1. The first-order chi connectivity index (χ1) is 19.8. The number of rotatable bonds is 13. The number of amides is 1. The molecule has 7 nitrogen and oxygen atoms in total. The van der Waals surface area contributed by atoms with Crippen LogP contribution in [0.3, 0.4) is 0 Å². The first kappa shape index (κ1) is 30.8. The van der Waals surface area contributed by atoms with Crippen LogP contribution in [0.1, 0.15) is 54.1 Å². The van der Waals surface area contributed by atoms with E-state index in [4.69, 9.17) is 14.5 Å². The van der Waals surface area contributed by atoms with Crippen LogP contribution >= 0.6 is 0 Å². The van der Waals surface area contributed by atoms with Crippen molar-refractivity contribution in [2.45, 2.75) is 58.2 Å². The highest BCUT2D eigenvalue weighted by Crippen LogP contribution is 2.38. The zero-order valence-corrected chi connectivity index (χ0v) is 24.9. The average Bonchev–Trinajstić information content (AvgIpc) is 2.95. The van der Waals surface area contributed by atoms with E-state index in [0.29, 0.717) is 45.1 Å². The van der Waals surface area contributed by atoms with E-state index in [-0.39, 0.29) is 11.8 Å². The molecular weight excluding hydrogens is 514 g/mol. The monoisotopic (exact) mass is 559 g/mol. The Morgan fingerprint density at radius 3 is 2.76 bits per heavy atom. The molecule has 3 N–H and O–H groups in total. The van der Waals surface area contributed by atoms with Crippen molar-refractivity contribution in [3.8, 4) is 11.1 Å². The van der Waals surface area contributed by atoms with Gasteiger partial charge >= 0.3 is 0 Å². The van der Waals surface area contributed by atoms with Crippen LogP contribution in [0.15, 0.2) is 60.8 Å². The Kier molecular flexibility index (Phi) is 11.1. The van der Waals surface area contributed by atoms with Gasteiger partial charge in [-0.05, 0) is 65.8 Å². The van der Waals surface area contributed by atoms with Crippen LogP contribution < -0.4 is 10.6 Å². The lowest BCUT2D eigenvalue weighted by molar-refractivity contribution is -0.118. The minimum atomic E-state index is -0.894. The molecule has 2 heterocycles. The van der Waals surface area contributed by atoms with E-state index < -0.39 is 5.60 Å². The zero-order valence-electron chi connectivity index (χ0n) is 24.9. The first-order valence-corrected chi connectivity index (χ1v) is 14.7.